The van der Waals surface area contributed by atoms with E-state index in [0.717, 1.165) is 24.9 Å². The lowest BCUT2D eigenvalue weighted by Gasteiger charge is -2.12. The first-order chi connectivity index (χ1) is 11.1. The van der Waals surface area contributed by atoms with Crippen LogP contribution in [0.1, 0.15) is 33.1 Å². The summed E-state index contributed by atoms with van der Waals surface area (Å²) in [7, 11) is 0. The first-order valence-electron chi connectivity index (χ1n) is 7.93. The van der Waals surface area contributed by atoms with Crippen LogP contribution in [-0.4, -0.2) is 5.91 Å². The minimum absolute atomic E-state index is 0.00471. The van der Waals surface area contributed by atoms with Gasteiger partial charge in [0.25, 0.3) is 0 Å². The van der Waals surface area contributed by atoms with Crippen LogP contribution in [0, 0.1) is 11.7 Å². The van der Waals surface area contributed by atoms with E-state index in [4.69, 9.17) is 4.74 Å². The van der Waals surface area contributed by atoms with E-state index in [2.05, 4.69) is 12.2 Å². The Morgan fingerprint density at radius 2 is 1.65 bits per heavy atom. The summed E-state index contributed by atoms with van der Waals surface area (Å²) >= 11 is 0. The summed E-state index contributed by atoms with van der Waals surface area (Å²) in [4.78, 5) is 12.0. The van der Waals surface area contributed by atoms with E-state index in [1.54, 1.807) is 36.4 Å². The van der Waals surface area contributed by atoms with Gasteiger partial charge in [-0.2, -0.15) is 0 Å². The number of hydrogen-bond donors (Lipinski definition) is 1. The number of hydrogen-bond acceptors (Lipinski definition) is 2. The Morgan fingerprint density at radius 3 is 2.22 bits per heavy atom. The fraction of sp³-hybridized carbons (Fsp3) is 0.316. The van der Waals surface area contributed by atoms with Crippen LogP contribution in [0.3, 0.4) is 0 Å². The highest BCUT2D eigenvalue weighted by atomic mass is 19.1. The van der Waals surface area contributed by atoms with Gasteiger partial charge in [-0.1, -0.05) is 26.7 Å². The standard InChI is InChI=1S/C19H22FNO2/c1-3-4-5-14(2)19(22)21-16-8-12-18(13-9-16)23-17-10-6-15(20)7-11-17/h6-14H,3-5H2,1-2H3,(H,21,22)/t14-/m0/s1. The van der Waals surface area contributed by atoms with Gasteiger partial charge in [0.05, 0.1) is 0 Å². The molecule has 0 unspecified atom stereocenters. The van der Waals surface area contributed by atoms with Crippen molar-refractivity contribution in [1.82, 2.24) is 0 Å². The van der Waals surface area contributed by atoms with Crippen molar-refractivity contribution < 1.29 is 13.9 Å². The van der Waals surface area contributed by atoms with E-state index in [0.29, 0.717) is 11.5 Å². The second kappa shape index (κ2) is 8.32. The van der Waals surface area contributed by atoms with E-state index in [1.807, 2.05) is 6.92 Å². The van der Waals surface area contributed by atoms with Crippen LogP contribution in [0.4, 0.5) is 10.1 Å². The fourth-order valence-corrected chi connectivity index (χ4v) is 2.15. The molecule has 2 aromatic carbocycles. The van der Waals surface area contributed by atoms with Crippen molar-refractivity contribution >= 4 is 11.6 Å². The molecular weight excluding hydrogens is 293 g/mol. The van der Waals surface area contributed by atoms with Gasteiger partial charge in [-0.05, 0) is 55.0 Å². The average molecular weight is 315 g/mol. The summed E-state index contributed by atoms with van der Waals surface area (Å²) < 4.78 is 18.5. The van der Waals surface area contributed by atoms with Gasteiger partial charge in [-0.3, -0.25) is 4.79 Å². The Kier molecular flexibility index (Phi) is 6.15. The molecule has 1 atom stereocenters. The number of halogens is 1. The molecule has 0 fully saturated rings. The molecule has 3 nitrogen and oxygen atoms in total. The molecule has 0 aliphatic carbocycles. The third-order valence-corrected chi connectivity index (χ3v) is 3.61. The van der Waals surface area contributed by atoms with Crippen LogP contribution < -0.4 is 10.1 Å². The summed E-state index contributed by atoms with van der Waals surface area (Å²) in [6.07, 6.45) is 3.04. The molecule has 0 bridgehead atoms. The van der Waals surface area contributed by atoms with Crippen LogP contribution >= 0.6 is 0 Å². The van der Waals surface area contributed by atoms with E-state index in [1.165, 1.54) is 12.1 Å². The van der Waals surface area contributed by atoms with E-state index in [-0.39, 0.29) is 17.6 Å². The lowest BCUT2D eigenvalue weighted by atomic mass is 10.0. The van der Waals surface area contributed by atoms with Gasteiger partial charge in [0.1, 0.15) is 17.3 Å². The predicted octanol–water partition coefficient (Wildman–Crippen LogP) is 5.38. The molecule has 0 saturated carbocycles. The Labute approximate surface area is 136 Å². The van der Waals surface area contributed by atoms with Crippen molar-refractivity contribution in [3.63, 3.8) is 0 Å². The smallest absolute Gasteiger partial charge is 0.227 e. The molecule has 0 radical (unpaired) electrons. The molecule has 23 heavy (non-hydrogen) atoms. The Morgan fingerprint density at radius 1 is 1.09 bits per heavy atom. The number of carbonyl (C=O) groups excluding carboxylic acids is 1. The van der Waals surface area contributed by atoms with E-state index >= 15 is 0 Å². The number of carbonyl (C=O) groups is 1. The largest absolute Gasteiger partial charge is 0.457 e. The Bertz CT molecular complexity index is 623. The van der Waals surface area contributed by atoms with Gasteiger partial charge < -0.3 is 10.1 Å². The zero-order valence-electron chi connectivity index (χ0n) is 13.5. The molecule has 2 rings (SSSR count). The molecule has 0 aliphatic rings. The highest BCUT2D eigenvalue weighted by molar-refractivity contribution is 5.92. The molecule has 1 amide bonds. The van der Waals surface area contributed by atoms with Crippen LogP contribution in [0.15, 0.2) is 48.5 Å². The average Bonchev–Trinajstić information content (AvgIpc) is 2.56. The highest BCUT2D eigenvalue weighted by Gasteiger charge is 2.12. The first-order valence-corrected chi connectivity index (χ1v) is 7.93. The number of unbranched alkanes of at least 4 members (excludes halogenated alkanes) is 1. The zero-order valence-corrected chi connectivity index (χ0v) is 13.5. The topological polar surface area (TPSA) is 38.3 Å². The number of rotatable bonds is 7. The summed E-state index contributed by atoms with van der Waals surface area (Å²) in [5.74, 6) is 0.938. The maximum absolute atomic E-state index is 12.8. The predicted molar refractivity (Wildman–Crippen MR) is 90.2 cm³/mol. The molecule has 0 spiro atoms. The summed E-state index contributed by atoms with van der Waals surface area (Å²) in [6.45, 7) is 4.06. The second-order valence-electron chi connectivity index (χ2n) is 5.61. The van der Waals surface area contributed by atoms with Gasteiger partial charge in [0.15, 0.2) is 0 Å². The highest BCUT2D eigenvalue weighted by Crippen LogP contribution is 2.23. The monoisotopic (exact) mass is 315 g/mol. The second-order valence-corrected chi connectivity index (χ2v) is 5.61. The van der Waals surface area contributed by atoms with Gasteiger partial charge in [0, 0.05) is 11.6 Å². The Hall–Kier alpha value is -2.36. The van der Waals surface area contributed by atoms with Gasteiger partial charge in [-0.25, -0.2) is 4.39 Å². The van der Waals surface area contributed by atoms with Crippen molar-refractivity contribution in [1.29, 1.82) is 0 Å². The van der Waals surface area contributed by atoms with Crippen LogP contribution in [-0.2, 0) is 4.79 Å². The number of anilines is 1. The normalized spacial score (nSPS) is 11.8. The third-order valence-electron chi connectivity index (χ3n) is 3.61. The van der Waals surface area contributed by atoms with Crippen LogP contribution in [0.25, 0.3) is 0 Å². The minimum Gasteiger partial charge on any atom is -0.457 e. The zero-order chi connectivity index (χ0) is 16.7. The number of amides is 1. The van der Waals surface area contributed by atoms with Crippen molar-refractivity contribution in [3.05, 3.63) is 54.3 Å². The van der Waals surface area contributed by atoms with Crippen molar-refractivity contribution in [2.75, 3.05) is 5.32 Å². The fourth-order valence-electron chi connectivity index (χ4n) is 2.15. The van der Waals surface area contributed by atoms with Crippen LogP contribution in [0.2, 0.25) is 0 Å². The molecular formula is C19H22FNO2. The first kappa shape index (κ1) is 17.0. The number of nitrogens with one attached hydrogen (secondary N) is 1. The summed E-state index contributed by atoms with van der Waals surface area (Å²) in [5, 5.41) is 2.91. The lowest BCUT2D eigenvalue weighted by molar-refractivity contribution is -0.119. The summed E-state index contributed by atoms with van der Waals surface area (Å²) in [5.41, 5.74) is 0.741. The van der Waals surface area contributed by atoms with Crippen molar-refractivity contribution in [2.24, 2.45) is 5.92 Å². The molecule has 1 N–H and O–H groups in total. The quantitative estimate of drug-likeness (QED) is 0.744. The van der Waals surface area contributed by atoms with Crippen LogP contribution in [0.5, 0.6) is 11.5 Å². The van der Waals surface area contributed by atoms with Gasteiger partial charge in [0.2, 0.25) is 5.91 Å². The molecule has 122 valence electrons. The number of benzene rings is 2. The van der Waals surface area contributed by atoms with Gasteiger partial charge in [-0.15, -0.1) is 0 Å². The molecule has 2 aromatic rings. The van der Waals surface area contributed by atoms with E-state index < -0.39 is 0 Å². The third kappa shape index (κ3) is 5.40. The Balaban J connectivity index is 1.91. The summed E-state index contributed by atoms with van der Waals surface area (Å²) in [6, 6.07) is 13.0. The molecule has 4 heteroatoms. The maximum Gasteiger partial charge on any atom is 0.227 e. The minimum atomic E-state index is -0.299. The molecule has 0 aromatic heterocycles. The molecule has 0 saturated heterocycles. The lowest BCUT2D eigenvalue weighted by Crippen LogP contribution is -2.20. The molecule has 0 aliphatic heterocycles. The maximum atomic E-state index is 12.8. The van der Waals surface area contributed by atoms with Crippen molar-refractivity contribution in [3.8, 4) is 11.5 Å². The van der Waals surface area contributed by atoms with Gasteiger partial charge >= 0.3 is 0 Å². The number of ether oxygens (including phenoxy) is 1. The van der Waals surface area contributed by atoms with E-state index in [9.17, 15) is 9.18 Å². The SMILES string of the molecule is CCCC[C@H](C)C(=O)Nc1ccc(Oc2ccc(F)cc2)cc1. The van der Waals surface area contributed by atoms with Crippen molar-refractivity contribution in [2.45, 2.75) is 33.1 Å². The molecule has 0 heterocycles.